The molecule has 1 aromatic rings. The van der Waals surface area contributed by atoms with Gasteiger partial charge < -0.3 is 10.2 Å². The van der Waals surface area contributed by atoms with E-state index < -0.39 is 0 Å². The zero-order valence-corrected chi connectivity index (χ0v) is 7.46. The Morgan fingerprint density at radius 2 is 2.08 bits per heavy atom. The van der Waals surface area contributed by atoms with Gasteiger partial charge in [0.1, 0.15) is 0 Å². The minimum absolute atomic E-state index is 0.545. The van der Waals surface area contributed by atoms with Crippen LogP contribution in [0.15, 0.2) is 30.3 Å². The summed E-state index contributed by atoms with van der Waals surface area (Å²) in [6.45, 7) is 2.67. The highest BCUT2D eigenvalue weighted by atomic mass is 15.3. The molecule has 0 spiro atoms. The fourth-order valence-corrected chi connectivity index (χ4v) is 1.49. The topological polar surface area (TPSA) is 39.1 Å². The molecule has 1 saturated heterocycles. The van der Waals surface area contributed by atoms with Crippen molar-refractivity contribution in [3.63, 3.8) is 0 Å². The fourth-order valence-electron chi connectivity index (χ4n) is 1.49. The molecule has 1 aliphatic heterocycles. The highest BCUT2D eigenvalue weighted by molar-refractivity contribution is 5.78. The van der Waals surface area contributed by atoms with Crippen molar-refractivity contribution in [3.05, 3.63) is 35.9 Å². The molecule has 13 heavy (non-hydrogen) atoms. The van der Waals surface area contributed by atoms with Gasteiger partial charge in [0, 0.05) is 19.6 Å². The summed E-state index contributed by atoms with van der Waals surface area (Å²) >= 11 is 0. The zero-order chi connectivity index (χ0) is 9.10. The van der Waals surface area contributed by atoms with Gasteiger partial charge in [0.05, 0.1) is 0 Å². The Labute approximate surface area is 77.9 Å². The number of nitrogens with zero attached hydrogens (tertiary/aromatic N) is 1. The molecule has 0 unspecified atom stereocenters. The molecule has 2 rings (SSSR count). The first-order valence-corrected chi connectivity index (χ1v) is 4.47. The lowest BCUT2D eigenvalue weighted by Crippen LogP contribution is -2.28. The van der Waals surface area contributed by atoms with E-state index >= 15 is 0 Å². The molecule has 1 aliphatic rings. The Balaban J connectivity index is 2.02. The van der Waals surface area contributed by atoms with E-state index in [0.717, 1.165) is 19.6 Å². The molecule has 1 heterocycles. The van der Waals surface area contributed by atoms with Crippen molar-refractivity contribution >= 4 is 5.96 Å². The van der Waals surface area contributed by atoms with Gasteiger partial charge in [0.25, 0.3) is 0 Å². The molecule has 1 fully saturated rings. The molecule has 1 aromatic carbocycles. The monoisotopic (exact) mass is 175 g/mol. The van der Waals surface area contributed by atoms with E-state index in [0.29, 0.717) is 5.96 Å². The van der Waals surface area contributed by atoms with Crippen molar-refractivity contribution in [3.8, 4) is 0 Å². The number of benzene rings is 1. The Bertz CT molecular complexity index is 294. The minimum Gasteiger partial charge on any atom is -0.355 e. The van der Waals surface area contributed by atoms with Crippen LogP contribution in [0.1, 0.15) is 5.56 Å². The SMILES string of the molecule is N=C1NCCN1Cc1ccccc1. The lowest BCUT2D eigenvalue weighted by Gasteiger charge is -2.15. The predicted molar refractivity (Wildman–Crippen MR) is 52.6 cm³/mol. The highest BCUT2D eigenvalue weighted by Crippen LogP contribution is 2.05. The zero-order valence-electron chi connectivity index (χ0n) is 7.46. The normalized spacial score (nSPS) is 16.0. The quantitative estimate of drug-likeness (QED) is 0.704. The van der Waals surface area contributed by atoms with Gasteiger partial charge in [0.15, 0.2) is 5.96 Å². The molecular formula is C10H13N3. The third kappa shape index (κ3) is 1.80. The molecule has 0 bridgehead atoms. The van der Waals surface area contributed by atoms with Gasteiger partial charge in [-0.1, -0.05) is 30.3 Å². The molecule has 0 radical (unpaired) electrons. The van der Waals surface area contributed by atoms with Crippen LogP contribution in [0.4, 0.5) is 0 Å². The average molecular weight is 175 g/mol. The second-order valence-electron chi connectivity index (χ2n) is 3.18. The van der Waals surface area contributed by atoms with Crippen LogP contribution in [0.3, 0.4) is 0 Å². The van der Waals surface area contributed by atoms with Crippen molar-refractivity contribution in [2.45, 2.75) is 6.54 Å². The van der Waals surface area contributed by atoms with Gasteiger partial charge in [0.2, 0.25) is 0 Å². The van der Waals surface area contributed by atoms with Gasteiger partial charge in [-0.3, -0.25) is 5.41 Å². The van der Waals surface area contributed by atoms with Crippen LogP contribution in [0.25, 0.3) is 0 Å². The number of hydrogen-bond acceptors (Lipinski definition) is 1. The van der Waals surface area contributed by atoms with E-state index in [1.807, 2.05) is 23.1 Å². The molecule has 0 atom stereocenters. The first-order chi connectivity index (χ1) is 6.36. The number of nitrogens with one attached hydrogen (secondary N) is 2. The first kappa shape index (κ1) is 8.10. The Morgan fingerprint density at radius 3 is 2.69 bits per heavy atom. The van der Waals surface area contributed by atoms with Crippen LogP contribution in [0, 0.1) is 5.41 Å². The maximum atomic E-state index is 7.57. The smallest absolute Gasteiger partial charge is 0.191 e. The van der Waals surface area contributed by atoms with E-state index in [2.05, 4.69) is 17.4 Å². The van der Waals surface area contributed by atoms with Crippen LogP contribution in [-0.2, 0) is 6.54 Å². The maximum absolute atomic E-state index is 7.57. The lowest BCUT2D eigenvalue weighted by molar-refractivity contribution is 0.455. The van der Waals surface area contributed by atoms with Crippen molar-refractivity contribution in [1.29, 1.82) is 5.41 Å². The summed E-state index contributed by atoms with van der Waals surface area (Å²) in [4.78, 5) is 2.04. The van der Waals surface area contributed by atoms with Gasteiger partial charge in [-0.15, -0.1) is 0 Å². The summed E-state index contributed by atoms with van der Waals surface area (Å²) in [5, 5.41) is 10.6. The molecule has 2 N–H and O–H groups in total. The van der Waals surface area contributed by atoms with Crippen LogP contribution in [0.2, 0.25) is 0 Å². The third-order valence-corrected chi connectivity index (χ3v) is 2.21. The summed E-state index contributed by atoms with van der Waals surface area (Å²) in [5.74, 6) is 0.545. The molecule has 0 amide bonds. The fraction of sp³-hybridized carbons (Fsp3) is 0.300. The van der Waals surface area contributed by atoms with Gasteiger partial charge >= 0.3 is 0 Å². The van der Waals surface area contributed by atoms with Crippen molar-refractivity contribution in [1.82, 2.24) is 10.2 Å². The maximum Gasteiger partial charge on any atom is 0.191 e. The molecule has 3 nitrogen and oxygen atoms in total. The average Bonchev–Trinajstić information content (AvgIpc) is 2.54. The van der Waals surface area contributed by atoms with Crippen molar-refractivity contribution in [2.75, 3.05) is 13.1 Å². The molecule has 0 aromatic heterocycles. The molecule has 0 aliphatic carbocycles. The van der Waals surface area contributed by atoms with Gasteiger partial charge in [-0.25, -0.2) is 0 Å². The summed E-state index contributed by atoms with van der Waals surface area (Å²) in [6.07, 6.45) is 0. The molecule has 68 valence electrons. The molecule has 3 heteroatoms. The number of rotatable bonds is 2. The Hall–Kier alpha value is -1.51. The van der Waals surface area contributed by atoms with E-state index in [1.165, 1.54) is 5.56 Å². The number of guanidine groups is 1. The summed E-state index contributed by atoms with van der Waals surface area (Å²) in [7, 11) is 0. The van der Waals surface area contributed by atoms with Crippen LogP contribution in [0.5, 0.6) is 0 Å². The van der Waals surface area contributed by atoms with Gasteiger partial charge in [-0.2, -0.15) is 0 Å². The Morgan fingerprint density at radius 1 is 1.31 bits per heavy atom. The summed E-state index contributed by atoms with van der Waals surface area (Å²) < 4.78 is 0. The van der Waals surface area contributed by atoms with Crippen molar-refractivity contribution < 1.29 is 0 Å². The summed E-state index contributed by atoms with van der Waals surface area (Å²) in [6, 6.07) is 10.2. The predicted octanol–water partition coefficient (Wildman–Crippen LogP) is 1.03. The van der Waals surface area contributed by atoms with Crippen LogP contribution in [-0.4, -0.2) is 23.9 Å². The second kappa shape index (κ2) is 3.47. The van der Waals surface area contributed by atoms with Crippen LogP contribution < -0.4 is 5.32 Å². The number of hydrogen-bond donors (Lipinski definition) is 2. The molecular weight excluding hydrogens is 162 g/mol. The van der Waals surface area contributed by atoms with E-state index in [4.69, 9.17) is 5.41 Å². The third-order valence-electron chi connectivity index (χ3n) is 2.21. The van der Waals surface area contributed by atoms with Crippen LogP contribution >= 0.6 is 0 Å². The minimum atomic E-state index is 0.545. The van der Waals surface area contributed by atoms with E-state index in [1.54, 1.807) is 0 Å². The van der Waals surface area contributed by atoms with E-state index in [-0.39, 0.29) is 0 Å². The van der Waals surface area contributed by atoms with E-state index in [9.17, 15) is 0 Å². The Kier molecular flexibility index (Phi) is 2.17. The second-order valence-corrected chi connectivity index (χ2v) is 3.18. The van der Waals surface area contributed by atoms with Gasteiger partial charge in [-0.05, 0) is 5.56 Å². The largest absolute Gasteiger partial charge is 0.355 e. The van der Waals surface area contributed by atoms with Crippen molar-refractivity contribution in [2.24, 2.45) is 0 Å². The highest BCUT2D eigenvalue weighted by Gasteiger charge is 2.15. The lowest BCUT2D eigenvalue weighted by atomic mass is 10.2. The summed E-state index contributed by atoms with van der Waals surface area (Å²) in [5.41, 5.74) is 1.26. The molecule has 0 saturated carbocycles. The first-order valence-electron chi connectivity index (χ1n) is 4.47. The standard InChI is InChI=1S/C10H13N3/c11-10-12-6-7-13(10)8-9-4-2-1-3-5-9/h1-5H,6-8H2,(H2,11,12).